The fourth-order valence-corrected chi connectivity index (χ4v) is 8.81. The van der Waals surface area contributed by atoms with Crippen LogP contribution in [0.3, 0.4) is 0 Å². The molecule has 0 heterocycles. The van der Waals surface area contributed by atoms with Crippen LogP contribution in [0.1, 0.15) is 49.9 Å². The lowest BCUT2D eigenvalue weighted by atomic mass is 9.75. The molecule has 0 fully saturated rings. The molecule has 236 valence electrons. The summed E-state index contributed by atoms with van der Waals surface area (Å²) in [5.74, 6) is 0. The average Bonchev–Trinajstić information content (AvgIpc) is 3.52. The van der Waals surface area contributed by atoms with Gasteiger partial charge in [-0.1, -0.05) is 173 Å². The maximum absolute atomic E-state index is 2.63. The normalized spacial score (nSPS) is 14.4. The van der Waals surface area contributed by atoms with Crippen LogP contribution in [0.4, 0.5) is 17.1 Å². The van der Waals surface area contributed by atoms with Crippen molar-refractivity contribution in [1.82, 2.24) is 0 Å². The van der Waals surface area contributed by atoms with E-state index in [1.807, 2.05) is 0 Å². The van der Waals surface area contributed by atoms with Crippen LogP contribution in [0.15, 0.2) is 164 Å². The Balaban J connectivity index is 1.48. The first-order chi connectivity index (χ1) is 23.9. The van der Waals surface area contributed by atoms with Crippen molar-refractivity contribution in [3.63, 3.8) is 0 Å². The lowest BCUT2D eigenvalue weighted by Gasteiger charge is -2.38. The van der Waals surface area contributed by atoms with E-state index in [9.17, 15) is 0 Å². The van der Waals surface area contributed by atoms with Crippen molar-refractivity contribution >= 4 is 17.1 Å². The lowest BCUT2D eigenvalue weighted by Crippen LogP contribution is -2.26. The standard InChI is InChI=1S/C48H39N/c1-47(2)40-27-15-11-25-36(40)38-31-39-37-26-12-16-28-41(37)48(3,4)45(39)46(44(38)47)49(42-29-17-13-23-34(42)32-19-7-5-8-20-32)43-30-18-14-24-35(43)33-21-9-6-10-22-33/h5-31H,1-4H3. The van der Waals surface area contributed by atoms with Gasteiger partial charge in [0.1, 0.15) is 0 Å². The number of para-hydroxylation sites is 2. The molecule has 9 rings (SSSR count). The summed E-state index contributed by atoms with van der Waals surface area (Å²) in [6.45, 7) is 9.69. The van der Waals surface area contributed by atoms with Crippen LogP contribution in [-0.2, 0) is 10.8 Å². The Kier molecular flexibility index (Phi) is 6.58. The highest BCUT2D eigenvalue weighted by Gasteiger charge is 2.47. The minimum Gasteiger partial charge on any atom is -0.309 e. The number of nitrogens with zero attached hydrogens (tertiary/aromatic N) is 1. The monoisotopic (exact) mass is 629 g/mol. The molecular formula is C48H39N. The second kappa shape index (κ2) is 10.9. The summed E-state index contributed by atoms with van der Waals surface area (Å²) in [6, 6.07) is 60.3. The number of benzene rings is 7. The molecule has 0 unspecified atom stereocenters. The fourth-order valence-electron chi connectivity index (χ4n) is 8.81. The molecule has 7 aromatic carbocycles. The molecule has 0 bridgehead atoms. The molecule has 2 aliphatic rings. The number of rotatable bonds is 5. The minimum absolute atomic E-state index is 0.233. The highest BCUT2D eigenvalue weighted by atomic mass is 15.2. The first-order valence-electron chi connectivity index (χ1n) is 17.4. The van der Waals surface area contributed by atoms with Crippen LogP contribution in [0, 0.1) is 0 Å². The van der Waals surface area contributed by atoms with Gasteiger partial charge in [0.25, 0.3) is 0 Å². The molecule has 0 aromatic heterocycles. The van der Waals surface area contributed by atoms with Gasteiger partial charge in [0, 0.05) is 22.0 Å². The fraction of sp³-hybridized carbons (Fsp3) is 0.125. The van der Waals surface area contributed by atoms with E-state index in [1.54, 1.807) is 0 Å². The second-order valence-electron chi connectivity index (χ2n) is 14.5. The molecule has 1 nitrogen and oxygen atoms in total. The van der Waals surface area contributed by atoms with E-state index in [4.69, 9.17) is 0 Å². The van der Waals surface area contributed by atoms with E-state index in [1.165, 1.54) is 83.8 Å². The molecule has 0 saturated heterocycles. The predicted octanol–water partition coefficient (Wildman–Crippen LogP) is 13.1. The molecule has 0 N–H and O–H groups in total. The van der Waals surface area contributed by atoms with Gasteiger partial charge in [-0.2, -0.15) is 0 Å². The third-order valence-electron chi connectivity index (χ3n) is 11.0. The molecule has 0 atom stereocenters. The smallest absolute Gasteiger partial charge is 0.0556 e. The summed E-state index contributed by atoms with van der Waals surface area (Å²) in [4.78, 5) is 2.63. The molecular weight excluding hydrogens is 591 g/mol. The summed E-state index contributed by atoms with van der Waals surface area (Å²) in [5, 5.41) is 0. The summed E-state index contributed by atoms with van der Waals surface area (Å²) in [5.41, 5.74) is 18.9. The highest BCUT2D eigenvalue weighted by molar-refractivity contribution is 6.03. The van der Waals surface area contributed by atoms with Crippen LogP contribution in [0.25, 0.3) is 44.5 Å². The van der Waals surface area contributed by atoms with Gasteiger partial charge in [0.15, 0.2) is 0 Å². The SMILES string of the molecule is CC1(C)c2ccccc2-c2cc3c(c(N(c4ccccc4-c4ccccc4)c4ccccc4-c4ccccc4)c21)C(C)(C)c1ccccc1-3. The van der Waals surface area contributed by atoms with Crippen molar-refractivity contribution in [3.05, 3.63) is 186 Å². The Hall–Kier alpha value is -5.66. The third-order valence-corrected chi connectivity index (χ3v) is 11.0. The van der Waals surface area contributed by atoms with Gasteiger partial charge in [-0.05, 0) is 73.8 Å². The Morgan fingerprint density at radius 2 is 0.694 bits per heavy atom. The Bertz CT molecular complexity index is 2210. The van der Waals surface area contributed by atoms with Crippen LogP contribution in [0.5, 0.6) is 0 Å². The number of hydrogen-bond acceptors (Lipinski definition) is 1. The van der Waals surface area contributed by atoms with Gasteiger partial charge >= 0.3 is 0 Å². The summed E-state index contributed by atoms with van der Waals surface area (Å²) in [6.07, 6.45) is 0. The van der Waals surface area contributed by atoms with Crippen molar-refractivity contribution in [2.24, 2.45) is 0 Å². The van der Waals surface area contributed by atoms with Crippen LogP contribution >= 0.6 is 0 Å². The number of fused-ring (bicyclic) bond motifs is 6. The topological polar surface area (TPSA) is 3.24 Å². The van der Waals surface area contributed by atoms with E-state index in [-0.39, 0.29) is 10.8 Å². The first-order valence-corrected chi connectivity index (χ1v) is 17.4. The van der Waals surface area contributed by atoms with Crippen molar-refractivity contribution < 1.29 is 0 Å². The molecule has 0 aliphatic heterocycles. The van der Waals surface area contributed by atoms with E-state index in [0.717, 1.165) is 0 Å². The Morgan fingerprint density at radius 1 is 0.347 bits per heavy atom. The Labute approximate surface area is 290 Å². The van der Waals surface area contributed by atoms with Gasteiger partial charge in [-0.3, -0.25) is 0 Å². The van der Waals surface area contributed by atoms with Crippen molar-refractivity contribution in [2.45, 2.75) is 38.5 Å². The van der Waals surface area contributed by atoms with Gasteiger partial charge in [0.05, 0.1) is 17.1 Å². The first kappa shape index (κ1) is 29.5. The van der Waals surface area contributed by atoms with E-state index in [2.05, 4.69) is 196 Å². The molecule has 0 radical (unpaired) electrons. The maximum Gasteiger partial charge on any atom is 0.0556 e. The van der Waals surface area contributed by atoms with E-state index in [0.29, 0.717) is 0 Å². The van der Waals surface area contributed by atoms with Gasteiger partial charge < -0.3 is 4.90 Å². The van der Waals surface area contributed by atoms with E-state index >= 15 is 0 Å². The minimum atomic E-state index is -0.233. The molecule has 0 spiro atoms. The van der Waals surface area contributed by atoms with Gasteiger partial charge in [0.2, 0.25) is 0 Å². The van der Waals surface area contributed by atoms with Crippen molar-refractivity contribution in [3.8, 4) is 44.5 Å². The maximum atomic E-state index is 2.63. The summed E-state index contributed by atoms with van der Waals surface area (Å²) in [7, 11) is 0. The van der Waals surface area contributed by atoms with Crippen molar-refractivity contribution in [1.29, 1.82) is 0 Å². The molecule has 0 amide bonds. The van der Waals surface area contributed by atoms with E-state index < -0.39 is 0 Å². The van der Waals surface area contributed by atoms with Crippen LogP contribution in [0.2, 0.25) is 0 Å². The largest absolute Gasteiger partial charge is 0.309 e. The molecule has 49 heavy (non-hydrogen) atoms. The lowest BCUT2D eigenvalue weighted by molar-refractivity contribution is 0.640. The van der Waals surface area contributed by atoms with Crippen LogP contribution < -0.4 is 4.90 Å². The second-order valence-corrected chi connectivity index (χ2v) is 14.5. The van der Waals surface area contributed by atoms with Crippen molar-refractivity contribution in [2.75, 3.05) is 4.90 Å². The number of anilines is 3. The zero-order chi connectivity index (χ0) is 33.3. The predicted molar refractivity (Wildman–Crippen MR) is 207 cm³/mol. The molecule has 2 aliphatic carbocycles. The summed E-state index contributed by atoms with van der Waals surface area (Å²) >= 11 is 0. The van der Waals surface area contributed by atoms with Gasteiger partial charge in [-0.25, -0.2) is 0 Å². The zero-order valence-electron chi connectivity index (χ0n) is 28.5. The quantitative estimate of drug-likeness (QED) is 0.183. The molecule has 1 heteroatoms. The highest BCUT2D eigenvalue weighted by Crippen LogP contribution is 2.63. The average molecular weight is 630 g/mol. The number of hydrogen-bond donors (Lipinski definition) is 0. The summed E-state index contributed by atoms with van der Waals surface area (Å²) < 4.78 is 0. The van der Waals surface area contributed by atoms with Crippen LogP contribution in [-0.4, -0.2) is 0 Å². The third kappa shape index (κ3) is 4.32. The zero-order valence-corrected chi connectivity index (χ0v) is 28.5. The molecule has 7 aromatic rings. The molecule has 0 saturated carbocycles. The van der Waals surface area contributed by atoms with Gasteiger partial charge in [-0.15, -0.1) is 0 Å². The Morgan fingerprint density at radius 3 is 1.12 bits per heavy atom.